The highest BCUT2D eigenvalue weighted by atomic mass is 16.5. The number of fused-ring (bicyclic) bond motifs is 5. The van der Waals surface area contributed by atoms with Crippen molar-refractivity contribution in [3.63, 3.8) is 0 Å². The van der Waals surface area contributed by atoms with Crippen LogP contribution < -0.4 is 64.3 Å². The maximum absolute atomic E-state index is 14.7. The molecule has 0 radical (unpaired) electrons. The molecule has 19 nitrogen and oxygen atoms in total. The highest BCUT2D eigenvalue weighted by Gasteiger charge is 2.35. The first-order valence-corrected chi connectivity index (χ1v) is 24.3. The molecule has 2 aromatic rings. The molecular weight excluding hydrogens is 885 g/mol. The molecule has 14 N–H and O–H groups in total. The van der Waals surface area contributed by atoms with E-state index in [2.05, 4.69) is 31.9 Å². The van der Waals surface area contributed by atoms with Crippen molar-refractivity contribution in [3.8, 4) is 22.6 Å². The minimum Gasteiger partial charge on any atom is -0.496 e. The maximum Gasteiger partial charge on any atom is 0.243 e. The van der Waals surface area contributed by atoms with Gasteiger partial charge in [0.15, 0.2) is 0 Å². The van der Waals surface area contributed by atoms with Gasteiger partial charge in [0, 0.05) is 17.5 Å². The number of unbranched alkanes of at least 4 members (excludes halogenated alkanes) is 2. The van der Waals surface area contributed by atoms with E-state index in [0.717, 1.165) is 0 Å². The number of primary amides is 1. The number of benzene rings is 2. The summed E-state index contributed by atoms with van der Waals surface area (Å²) in [6.45, 7) is 12.0. The van der Waals surface area contributed by atoms with Gasteiger partial charge in [0.2, 0.25) is 41.4 Å². The largest absolute Gasteiger partial charge is 0.496 e. The first kappa shape index (κ1) is 57.5. The summed E-state index contributed by atoms with van der Waals surface area (Å²) >= 11 is 0. The van der Waals surface area contributed by atoms with Crippen LogP contribution in [0, 0.1) is 17.8 Å². The van der Waals surface area contributed by atoms with Crippen LogP contribution in [0.15, 0.2) is 36.4 Å². The number of nitrogens with two attached hydrogens (primary N) is 4. The van der Waals surface area contributed by atoms with Gasteiger partial charge in [0.25, 0.3) is 0 Å². The normalized spacial score (nSPS) is 20.4. The monoisotopic (exact) mass is 965 g/mol. The summed E-state index contributed by atoms with van der Waals surface area (Å²) in [5.41, 5.74) is 26.2. The van der Waals surface area contributed by atoms with Gasteiger partial charge >= 0.3 is 0 Å². The summed E-state index contributed by atoms with van der Waals surface area (Å²) in [4.78, 5) is 97.8. The number of hydrogen-bond acceptors (Lipinski definition) is 12. The van der Waals surface area contributed by atoms with E-state index in [1.807, 2.05) is 47.6 Å². The Kier molecular flexibility index (Phi) is 23.9. The fourth-order valence-electron chi connectivity index (χ4n) is 8.26. The zero-order chi connectivity index (χ0) is 51.4. The van der Waals surface area contributed by atoms with Crippen LogP contribution in [0.2, 0.25) is 0 Å². The molecule has 69 heavy (non-hydrogen) atoms. The first-order chi connectivity index (χ1) is 32.7. The van der Waals surface area contributed by atoms with Crippen LogP contribution in [0.3, 0.4) is 0 Å². The molecule has 1 aliphatic rings. The van der Waals surface area contributed by atoms with Crippen LogP contribution in [0.1, 0.15) is 110 Å². The van der Waals surface area contributed by atoms with Gasteiger partial charge in [-0.2, -0.15) is 0 Å². The molecule has 0 aliphatic carbocycles. The number of ether oxygens (including phenoxy) is 2. The zero-order valence-electron chi connectivity index (χ0n) is 41.9. The molecule has 4 bridgehead atoms. The average molecular weight is 965 g/mol. The van der Waals surface area contributed by atoms with Crippen molar-refractivity contribution in [1.82, 2.24) is 31.9 Å². The highest BCUT2D eigenvalue weighted by molar-refractivity contribution is 5.97. The standard InChI is InChI=1S/C50H80N10O9/c1-28(2)21-38(44(54)61)57-48(65)39(22-29(3)4)59-50(67)41-27-32-16-18-43(69-8)34(25-32)33-24-31(15-17-42(33)68-7)26-35(53)45(62)55-36(13-9-11-19-51)46(63)56-37(14-10-12-20-52)47(64)58-40(23-30(5)6)49(66)60-41/h15-18,24-25,28-30,35-41H,9-14,19-23,26-27,51-53H2,1-8H3,(H2,54,61)(H,55,62)(H,56,63)(H,57,65)(H,58,64)(H,59,67)(H,60,66)/t35-,36-,37-,38-,39-,40-,41-/m0/s1. The smallest absolute Gasteiger partial charge is 0.243 e. The molecule has 384 valence electrons. The van der Waals surface area contributed by atoms with Crippen molar-refractivity contribution in [2.45, 2.75) is 154 Å². The zero-order valence-corrected chi connectivity index (χ0v) is 41.9. The molecule has 19 heteroatoms. The summed E-state index contributed by atoms with van der Waals surface area (Å²) in [6.07, 6.45) is 3.07. The summed E-state index contributed by atoms with van der Waals surface area (Å²) in [5.74, 6) is -3.82. The van der Waals surface area contributed by atoms with E-state index in [1.165, 1.54) is 14.2 Å². The Morgan fingerprint density at radius 2 is 1.09 bits per heavy atom. The molecule has 0 saturated heterocycles. The summed E-state index contributed by atoms with van der Waals surface area (Å²) in [7, 11) is 3.02. The molecule has 3 rings (SSSR count). The van der Waals surface area contributed by atoms with Crippen LogP contribution in [0.25, 0.3) is 11.1 Å². The lowest BCUT2D eigenvalue weighted by Crippen LogP contribution is -2.60. The molecule has 1 heterocycles. The van der Waals surface area contributed by atoms with E-state index in [9.17, 15) is 33.6 Å². The van der Waals surface area contributed by atoms with Gasteiger partial charge in [-0.25, -0.2) is 0 Å². The Morgan fingerprint density at radius 3 is 1.55 bits per heavy atom. The predicted molar refractivity (Wildman–Crippen MR) is 265 cm³/mol. The number of carbonyl (C=O) groups excluding carboxylic acids is 7. The molecule has 0 fully saturated rings. The number of carbonyl (C=O) groups is 7. The summed E-state index contributed by atoms with van der Waals surface area (Å²) in [6, 6.07) is 2.70. The van der Waals surface area contributed by atoms with Gasteiger partial charge < -0.3 is 64.3 Å². The first-order valence-electron chi connectivity index (χ1n) is 24.3. The van der Waals surface area contributed by atoms with Crippen molar-refractivity contribution in [1.29, 1.82) is 0 Å². The predicted octanol–water partition coefficient (Wildman–Crippen LogP) is 1.59. The third kappa shape index (κ3) is 18.6. The molecule has 7 amide bonds. The van der Waals surface area contributed by atoms with E-state index in [0.29, 0.717) is 72.5 Å². The van der Waals surface area contributed by atoms with Gasteiger partial charge in [-0.15, -0.1) is 0 Å². The molecule has 2 aromatic carbocycles. The fourth-order valence-corrected chi connectivity index (χ4v) is 8.26. The molecule has 7 atom stereocenters. The summed E-state index contributed by atoms with van der Waals surface area (Å²) < 4.78 is 11.6. The third-order valence-corrected chi connectivity index (χ3v) is 11.9. The average Bonchev–Trinajstić information content (AvgIpc) is 3.28. The Morgan fingerprint density at radius 1 is 0.623 bits per heavy atom. The van der Waals surface area contributed by atoms with Gasteiger partial charge in [-0.1, -0.05) is 53.7 Å². The quantitative estimate of drug-likeness (QED) is 0.0798. The number of nitrogens with one attached hydrogen (secondary N) is 6. The Balaban J connectivity index is 2.27. The lowest BCUT2D eigenvalue weighted by atomic mass is 9.94. The Bertz CT molecular complexity index is 2050. The van der Waals surface area contributed by atoms with Crippen LogP contribution in [0.5, 0.6) is 11.5 Å². The lowest BCUT2D eigenvalue weighted by Gasteiger charge is -2.29. The van der Waals surface area contributed by atoms with E-state index >= 15 is 0 Å². The number of amides is 7. The SMILES string of the molecule is COc1ccc2cc1-c1cc(ccc1OC)C[C@H](N)C(=O)N[C@@H](CCCCN)C(=O)N[C@@H](CCCCN)C(=O)N[C@@H](CC(C)C)C(=O)N[C@H](C(=O)N[C@@H](CC(C)C)C(=O)N[C@@H](CC(C)C)C(N)=O)C2. The number of methoxy groups -OCH3 is 2. The van der Waals surface area contributed by atoms with Crippen molar-refractivity contribution in [2.24, 2.45) is 40.7 Å². The van der Waals surface area contributed by atoms with Crippen molar-refractivity contribution in [2.75, 3.05) is 27.3 Å². The number of hydrogen-bond donors (Lipinski definition) is 10. The van der Waals surface area contributed by atoms with Gasteiger partial charge in [0.1, 0.15) is 47.8 Å². The second-order valence-electron chi connectivity index (χ2n) is 19.3. The van der Waals surface area contributed by atoms with Crippen LogP contribution in [-0.2, 0) is 46.4 Å². The Hall–Kier alpha value is -5.79. The summed E-state index contributed by atoms with van der Waals surface area (Å²) in [5, 5.41) is 17.0. The van der Waals surface area contributed by atoms with Gasteiger partial charge in [-0.05, 0) is 130 Å². The minimum absolute atomic E-state index is 0.0255. The lowest BCUT2D eigenvalue weighted by molar-refractivity contribution is -0.136. The van der Waals surface area contributed by atoms with E-state index in [-0.39, 0.29) is 62.7 Å². The molecule has 0 saturated carbocycles. The van der Waals surface area contributed by atoms with Gasteiger partial charge in [-0.3, -0.25) is 33.6 Å². The van der Waals surface area contributed by atoms with Crippen LogP contribution in [-0.4, -0.2) is 111 Å². The van der Waals surface area contributed by atoms with E-state index in [4.69, 9.17) is 32.4 Å². The van der Waals surface area contributed by atoms with Crippen molar-refractivity contribution in [3.05, 3.63) is 47.5 Å². The van der Waals surface area contributed by atoms with Crippen LogP contribution >= 0.6 is 0 Å². The molecule has 0 spiro atoms. The molecule has 1 aliphatic heterocycles. The van der Waals surface area contributed by atoms with Crippen molar-refractivity contribution < 1.29 is 43.0 Å². The van der Waals surface area contributed by atoms with E-state index in [1.54, 1.807) is 30.3 Å². The third-order valence-electron chi connectivity index (χ3n) is 11.9. The minimum atomic E-state index is -1.32. The van der Waals surface area contributed by atoms with E-state index < -0.39 is 83.6 Å². The second kappa shape index (κ2) is 28.6. The second-order valence-corrected chi connectivity index (χ2v) is 19.3. The molecule has 0 aromatic heterocycles. The van der Waals surface area contributed by atoms with Crippen LogP contribution in [0.4, 0.5) is 0 Å². The van der Waals surface area contributed by atoms with Gasteiger partial charge in [0.05, 0.1) is 20.3 Å². The number of rotatable bonds is 21. The fraction of sp³-hybridized carbons (Fsp3) is 0.620. The maximum atomic E-state index is 14.7. The highest BCUT2D eigenvalue weighted by Crippen LogP contribution is 2.38. The molecule has 0 unspecified atom stereocenters. The molecular formula is C50H80N10O9. The Labute approximate surface area is 407 Å². The topological polar surface area (TPSA) is 314 Å². The van der Waals surface area contributed by atoms with Crippen molar-refractivity contribution >= 4 is 41.4 Å².